The number of piperazine rings is 1. The van der Waals surface area contributed by atoms with Crippen molar-refractivity contribution in [3.63, 3.8) is 0 Å². The monoisotopic (exact) mass is 336 g/mol. The number of carbonyl (C=O) groups excluding carboxylic acids is 1. The molecule has 1 saturated heterocycles. The summed E-state index contributed by atoms with van der Waals surface area (Å²) in [6.45, 7) is 4.63. The first-order chi connectivity index (χ1) is 12.1. The Hall–Kier alpha value is -3.07. The third-order valence-electron chi connectivity index (χ3n) is 4.42. The number of nitriles is 1. The molecule has 1 fully saturated rings. The van der Waals surface area contributed by atoms with Crippen molar-refractivity contribution in [2.45, 2.75) is 6.92 Å². The number of carbonyl (C=O) groups is 1. The van der Waals surface area contributed by atoms with Crippen LogP contribution in [0.25, 0.3) is 0 Å². The Bertz CT molecular complexity index is 820. The lowest BCUT2D eigenvalue weighted by molar-refractivity contribution is 0.101. The van der Waals surface area contributed by atoms with Gasteiger partial charge in [-0.25, -0.2) is 4.98 Å². The molecule has 128 valence electrons. The van der Waals surface area contributed by atoms with E-state index in [1.165, 1.54) is 6.92 Å². The molecule has 0 bridgehead atoms. The fraction of sp³-hybridized carbons (Fsp3) is 0.316. The second kappa shape index (κ2) is 7.22. The summed E-state index contributed by atoms with van der Waals surface area (Å²) >= 11 is 0. The summed E-state index contributed by atoms with van der Waals surface area (Å²) in [6.07, 6.45) is 1.74. The van der Waals surface area contributed by atoms with Crippen molar-refractivity contribution in [3.8, 4) is 11.8 Å². The van der Waals surface area contributed by atoms with Crippen molar-refractivity contribution >= 4 is 17.3 Å². The Kier molecular flexibility index (Phi) is 4.85. The molecule has 0 aliphatic carbocycles. The van der Waals surface area contributed by atoms with Gasteiger partial charge in [-0.2, -0.15) is 5.26 Å². The van der Waals surface area contributed by atoms with E-state index >= 15 is 0 Å². The Morgan fingerprint density at radius 3 is 2.52 bits per heavy atom. The van der Waals surface area contributed by atoms with Gasteiger partial charge in [0, 0.05) is 44.0 Å². The van der Waals surface area contributed by atoms with E-state index in [1.54, 1.807) is 25.4 Å². The summed E-state index contributed by atoms with van der Waals surface area (Å²) in [5, 5.41) is 9.37. The van der Waals surface area contributed by atoms with E-state index in [1.807, 2.05) is 18.2 Å². The van der Waals surface area contributed by atoms with E-state index in [0.29, 0.717) is 11.1 Å². The lowest BCUT2D eigenvalue weighted by Crippen LogP contribution is -2.47. The van der Waals surface area contributed by atoms with Gasteiger partial charge in [0.15, 0.2) is 5.78 Å². The zero-order valence-electron chi connectivity index (χ0n) is 14.4. The first-order valence-electron chi connectivity index (χ1n) is 8.17. The zero-order valence-corrected chi connectivity index (χ0v) is 14.4. The molecule has 1 aliphatic heterocycles. The predicted octanol–water partition coefficient (Wildman–Crippen LogP) is 2.49. The van der Waals surface area contributed by atoms with E-state index in [0.717, 1.165) is 43.4 Å². The number of ketones is 1. The number of ether oxygens (including phenoxy) is 1. The van der Waals surface area contributed by atoms with Gasteiger partial charge in [-0.3, -0.25) is 4.79 Å². The Morgan fingerprint density at radius 1 is 1.16 bits per heavy atom. The van der Waals surface area contributed by atoms with Gasteiger partial charge in [0.1, 0.15) is 17.6 Å². The van der Waals surface area contributed by atoms with Crippen LogP contribution >= 0.6 is 0 Å². The third-order valence-corrected chi connectivity index (χ3v) is 4.42. The summed E-state index contributed by atoms with van der Waals surface area (Å²) in [6, 6.07) is 11.2. The Labute approximate surface area is 147 Å². The standard InChI is InChI=1S/C19H20N4O2/c1-14(24)15-3-4-16(13-20)18(11-15)22-7-9-23(10-8-22)19-12-17(25-2)5-6-21-19/h3-6,11-12H,7-10H2,1-2H3. The maximum absolute atomic E-state index is 11.6. The second-order valence-corrected chi connectivity index (χ2v) is 5.93. The fourth-order valence-corrected chi connectivity index (χ4v) is 2.98. The molecule has 0 N–H and O–H groups in total. The van der Waals surface area contributed by atoms with Gasteiger partial charge < -0.3 is 14.5 Å². The molecule has 0 spiro atoms. The number of pyridine rings is 1. The van der Waals surface area contributed by atoms with Crippen molar-refractivity contribution in [1.29, 1.82) is 5.26 Å². The Balaban J connectivity index is 1.77. The predicted molar refractivity (Wildman–Crippen MR) is 96.4 cm³/mol. The molecule has 2 aromatic rings. The van der Waals surface area contributed by atoms with Gasteiger partial charge in [-0.05, 0) is 31.2 Å². The van der Waals surface area contributed by atoms with E-state index in [4.69, 9.17) is 4.74 Å². The lowest BCUT2D eigenvalue weighted by atomic mass is 10.1. The molecule has 6 nitrogen and oxygen atoms in total. The number of nitrogens with zero attached hydrogens (tertiary/aromatic N) is 4. The van der Waals surface area contributed by atoms with Crippen LogP contribution in [0.3, 0.4) is 0 Å². The van der Waals surface area contributed by atoms with Crippen molar-refractivity contribution in [3.05, 3.63) is 47.7 Å². The summed E-state index contributed by atoms with van der Waals surface area (Å²) in [5.41, 5.74) is 2.05. The molecule has 1 aromatic carbocycles. The highest BCUT2D eigenvalue weighted by atomic mass is 16.5. The van der Waals surface area contributed by atoms with E-state index in [2.05, 4.69) is 20.9 Å². The van der Waals surface area contributed by atoms with Crippen LogP contribution in [0, 0.1) is 11.3 Å². The van der Waals surface area contributed by atoms with Crippen LogP contribution < -0.4 is 14.5 Å². The average Bonchev–Trinajstić information content (AvgIpc) is 2.67. The fourth-order valence-electron chi connectivity index (χ4n) is 2.98. The molecule has 1 aliphatic rings. The van der Waals surface area contributed by atoms with Crippen molar-refractivity contribution < 1.29 is 9.53 Å². The SMILES string of the molecule is COc1ccnc(N2CCN(c3cc(C(C)=O)ccc3C#N)CC2)c1. The number of anilines is 2. The molecule has 2 heterocycles. The number of rotatable bonds is 4. The van der Waals surface area contributed by atoms with Gasteiger partial charge in [0.05, 0.1) is 18.4 Å². The summed E-state index contributed by atoms with van der Waals surface area (Å²) in [5.74, 6) is 1.68. The number of aromatic nitrogens is 1. The van der Waals surface area contributed by atoms with Gasteiger partial charge >= 0.3 is 0 Å². The van der Waals surface area contributed by atoms with Crippen LogP contribution in [0.4, 0.5) is 11.5 Å². The maximum atomic E-state index is 11.6. The maximum Gasteiger partial charge on any atom is 0.159 e. The second-order valence-electron chi connectivity index (χ2n) is 5.93. The van der Waals surface area contributed by atoms with Crippen LogP contribution in [0.15, 0.2) is 36.5 Å². The number of benzene rings is 1. The minimum Gasteiger partial charge on any atom is -0.497 e. The number of hydrogen-bond acceptors (Lipinski definition) is 6. The molecule has 3 rings (SSSR count). The molecule has 0 saturated carbocycles. The van der Waals surface area contributed by atoms with Gasteiger partial charge in [-0.1, -0.05) is 0 Å². The molecule has 0 radical (unpaired) electrons. The highest BCUT2D eigenvalue weighted by molar-refractivity contribution is 5.95. The Morgan fingerprint density at radius 2 is 1.88 bits per heavy atom. The number of hydrogen-bond donors (Lipinski definition) is 0. The van der Waals surface area contributed by atoms with Gasteiger partial charge in [0.25, 0.3) is 0 Å². The smallest absolute Gasteiger partial charge is 0.159 e. The summed E-state index contributed by atoms with van der Waals surface area (Å²) < 4.78 is 5.26. The molecule has 0 amide bonds. The minimum absolute atomic E-state index is 0.00459. The highest BCUT2D eigenvalue weighted by Crippen LogP contribution is 2.25. The molecule has 0 unspecified atom stereocenters. The zero-order chi connectivity index (χ0) is 17.8. The molecule has 25 heavy (non-hydrogen) atoms. The van der Waals surface area contributed by atoms with Crippen molar-refractivity contribution in [1.82, 2.24) is 4.98 Å². The van der Waals surface area contributed by atoms with Crippen LogP contribution in [-0.4, -0.2) is 44.1 Å². The van der Waals surface area contributed by atoms with Crippen LogP contribution in [0.1, 0.15) is 22.8 Å². The average molecular weight is 336 g/mol. The highest BCUT2D eigenvalue weighted by Gasteiger charge is 2.21. The molecular formula is C19H20N4O2. The molecular weight excluding hydrogens is 316 g/mol. The summed E-state index contributed by atoms with van der Waals surface area (Å²) in [7, 11) is 1.64. The van der Waals surface area contributed by atoms with Crippen LogP contribution in [0.5, 0.6) is 5.75 Å². The van der Waals surface area contributed by atoms with Gasteiger partial charge in [0.2, 0.25) is 0 Å². The molecule has 1 aromatic heterocycles. The van der Waals surface area contributed by atoms with Gasteiger partial charge in [-0.15, -0.1) is 0 Å². The first-order valence-corrected chi connectivity index (χ1v) is 8.17. The third kappa shape index (κ3) is 3.56. The van der Waals surface area contributed by atoms with E-state index in [-0.39, 0.29) is 5.78 Å². The van der Waals surface area contributed by atoms with Crippen molar-refractivity contribution in [2.24, 2.45) is 0 Å². The van der Waals surface area contributed by atoms with Crippen LogP contribution in [0.2, 0.25) is 0 Å². The topological polar surface area (TPSA) is 69.5 Å². The van der Waals surface area contributed by atoms with Crippen LogP contribution in [-0.2, 0) is 0 Å². The quantitative estimate of drug-likeness (QED) is 0.799. The lowest BCUT2D eigenvalue weighted by Gasteiger charge is -2.37. The largest absolute Gasteiger partial charge is 0.497 e. The normalized spacial score (nSPS) is 14.1. The minimum atomic E-state index is 0.00459. The summed E-state index contributed by atoms with van der Waals surface area (Å²) in [4.78, 5) is 20.4. The number of methoxy groups -OCH3 is 1. The van der Waals surface area contributed by atoms with Crippen molar-refractivity contribution in [2.75, 3.05) is 43.1 Å². The van der Waals surface area contributed by atoms with E-state index in [9.17, 15) is 10.1 Å². The van der Waals surface area contributed by atoms with E-state index < -0.39 is 0 Å². The molecule has 6 heteroatoms. The molecule has 0 atom stereocenters. The number of Topliss-reactive ketones (excluding diaryl/α,β-unsaturated/α-hetero) is 1. The first kappa shape index (κ1) is 16.8.